The Balaban J connectivity index is 1.93. The van der Waals surface area contributed by atoms with Crippen LogP contribution in [0.5, 0.6) is 0 Å². The normalized spacial score (nSPS) is 19.2. The van der Waals surface area contributed by atoms with Crippen LogP contribution in [0.2, 0.25) is 0 Å². The van der Waals surface area contributed by atoms with Crippen molar-refractivity contribution in [1.82, 2.24) is 25.1 Å². The largest absolute Gasteiger partial charge is 0.353 e. The molecule has 1 aromatic rings. The first kappa shape index (κ1) is 17.8. The molecule has 0 bridgehead atoms. The van der Waals surface area contributed by atoms with Gasteiger partial charge in [-0.3, -0.25) is 14.5 Å². The fourth-order valence-electron chi connectivity index (χ4n) is 2.76. The maximum atomic E-state index is 12.2. The maximum absolute atomic E-state index is 12.2. The van der Waals surface area contributed by atoms with Gasteiger partial charge in [-0.1, -0.05) is 18.3 Å². The van der Waals surface area contributed by atoms with Crippen molar-refractivity contribution < 1.29 is 9.59 Å². The summed E-state index contributed by atoms with van der Waals surface area (Å²) >= 11 is 1.31. The van der Waals surface area contributed by atoms with E-state index in [0.29, 0.717) is 13.1 Å². The highest BCUT2D eigenvalue weighted by Gasteiger charge is 2.32. The summed E-state index contributed by atoms with van der Waals surface area (Å²) in [7, 11) is 0. The smallest absolute Gasteiger partial charge is 0.237 e. The molecule has 1 saturated heterocycles. The second-order valence-electron chi connectivity index (χ2n) is 6.36. The summed E-state index contributed by atoms with van der Waals surface area (Å²) in [6.45, 7) is 10.0. The summed E-state index contributed by atoms with van der Waals surface area (Å²) in [4.78, 5) is 27.4. The van der Waals surface area contributed by atoms with Crippen molar-refractivity contribution in [2.75, 3.05) is 13.1 Å². The minimum Gasteiger partial charge on any atom is -0.353 e. The third-order valence-electron chi connectivity index (χ3n) is 3.99. The van der Waals surface area contributed by atoms with E-state index in [0.717, 1.165) is 17.1 Å². The lowest BCUT2D eigenvalue weighted by atomic mass is 10.1. The molecule has 1 aromatic heterocycles. The van der Waals surface area contributed by atoms with Gasteiger partial charge >= 0.3 is 0 Å². The van der Waals surface area contributed by atoms with Gasteiger partial charge in [0.2, 0.25) is 11.8 Å². The molecule has 0 saturated carbocycles. The number of aromatic nitrogens is 2. The van der Waals surface area contributed by atoms with E-state index in [-0.39, 0.29) is 30.2 Å². The highest BCUT2D eigenvalue weighted by molar-refractivity contribution is 7.05. The molecule has 23 heavy (non-hydrogen) atoms. The van der Waals surface area contributed by atoms with Gasteiger partial charge in [0.25, 0.3) is 0 Å². The average Bonchev–Trinajstić information content (AvgIpc) is 2.95. The Morgan fingerprint density at radius 2 is 2.17 bits per heavy atom. The van der Waals surface area contributed by atoms with E-state index < -0.39 is 6.04 Å². The number of hydrogen-bond donors (Lipinski definition) is 2. The van der Waals surface area contributed by atoms with E-state index in [2.05, 4.69) is 39.0 Å². The average molecular weight is 339 g/mol. The van der Waals surface area contributed by atoms with Crippen LogP contribution in [-0.4, -0.2) is 51.5 Å². The van der Waals surface area contributed by atoms with E-state index >= 15 is 0 Å². The van der Waals surface area contributed by atoms with E-state index in [4.69, 9.17) is 0 Å². The first-order valence-electron chi connectivity index (χ1n) is 8.01. The van der Waals surface area contributed by atoms with Crippen LogP contribution < -0.4 is 10.6 Å². The van der Waals surface area contributed by atoms with Gasteiger partial charge in [0.1, 0.15) is 0 Å². The van der Waals surface area contributed by atoms with Crippen LogP contribution >= 0.6 is 11.5 Å². The Morgan fingerprint density at radius 3 is 2.83 bits per heavy atom. The first-order valence-corrected chi connectivity index (χ1v) is 8.78. The lowest BCUT2D eigenvalue weighted by Crippen LogP contribution is -2.58. The second-order valence-corrected chi connectivity index (χ2v) is 7.19. The molecule has 2 N–H and O–H groups in total. The van der Waals surface area contributed by atoms with Crippen molar-refractivity contribution >= 4 is 23.3 Å². The topological polar surface area (TPSA) is 87.2 Å². The van der Waals surface area contributed by atoms with Crippen molar-refractivity contribution in [2.24, 2.45) is 0 Å². The monoisotopic (exact) mass is 339 g/mol. The van der Waals surface area contributed by atoms with Crippen LogP contribution in [0.3, 0.4) is 0 Å². The number of piperazine rings is 1. The first-order chi connectivity index (χ1) is 10.9. The molecule has 1 aliphatic rings. The molecule has 0 aliphatic carbocycles. The summed E-state index contributed by atoms with van der Waals surface area (Å²) in [5.74, 6) is 0.0874. The summed E-state index contributed by atoms with van der Waals surface area (Å²) in [6.07, 6.45) is 0.174. The predicted octanol–water partition coefficient (Wildman–Crippen LogP) is 0.877. The summed E-state index contributed by atoms with van der Waals surface area (Å²) < 4.78 is 3.95. The molecule has 2 heterocycles. The Kier molecular flexibility index (Phi) is 6.06. The van der Waals surface area contributed by atoms with E-state index in [9.17, 15) is 9.59 Å². The van der Waals surface area contributed by atoms with Crippen LogP contribution in [0, 0.1) is 0 Å². The maximum Gasteiger partial charge on any atom is 0.237 e. The highest BCUT2D eigenvalue weighted by Crippen LogP contribution is 2.19. The van der Waals surface area contributed by atoms with Gasteiger partial charge in [0.15, 0.2) is 0 Å². The van der Waals surface area contributed by atoms with E-state index in [1.807, 2.05) is 13.8 Å². The van der Waals surface area contributed by atoms with Gasteiger partial charge in [-0.2, -0.15) is 0 Å². The number of nitrogens with one attached hydrogen (secondary N) is 2. The number of rotatable bonds is 6. The number of carbonyl (C=O) groups excluding carboxylic acids is 2. The Morgan fingerprint density at radius 1 is 1.43 bits per heavy atom. The Hall–Kier alpha value is -1.54. The van der Waals surface area contributed by atoms with Crippen molar-refractivity contribution in [3.8, 4) is 0 Å². The van der Waals surface area contributed by atoms with Crippen LogP contribution in [0.1, 0.15) is 50.6 Å². The van der Waals surface area contributed by atoms with Crippen LogP contribution in [0.4, 0.5) is 0 Å². The summed E-state index contributed by atoms with van der Waals surface area (Å²) in [6, 6.07) is -0.162. The second kappa shape index (κ2) is 7.83. The minimum absolute atomic E-state index is 0.0672. The zero-order chi connectivity index (χ0) is 17.0. The number of amides is 2. The van der Waals surface area contributed by atoms with Crippen LogP contribution in [0.15, 0.2) is 0 Å². The molecular formula is C15H25N5O2S. The molecule has 0 radical (unpaired) electrons. The Labute approximate surface area is 141 Å². The SMILES string of the molecule is CC(C)c1nnsc1CNC(=O)C[C@@H]1C(=O)NCCN1C(C)C. The molecule has 7 nitrogen and oxygen atoms in total. The van der Waals surface area contributed by atoms with E-state index in [1.54, 1.807) is 0 Å². The standard InChI is InChI=1S/C15H25N5O2S/c1-9(2)14-12(23-19-18-14)8-17-13(21)7-11-15(22)16-5-6-20(11)10(3)4/h9-11H,5-8H2,1-4H3,(H,16,22)(H,17,21)/t11-/m1/s1. The van der Waals surface area contributed by atoms with E-state index in [1.165, 1.54) is 11.5 Å². The lowest BCUT2D eigenvalue weighted by molar-refractivity contribution is -0.134. The number of nitrogens with zero attached hydrogens (tertiary/aromatic N) is 3. The van der Waals surface area contributed by atoms with Gasteiger partial charge in [0.05, 0.1) is 29.6 Å². The quantitative estimate of drug-likeness (QED) is 0.803. The Bertz CT molecular complexity index is 558. The van der Waals surface area contributed by atoms with Crippen molar-refractivity contribution in [3.63, 3.8) is 0 Å². The lowest BCUT2D eigenvalue weighted by Gasteiger charge is -2.37. The zero-order valence-electron chi connectivity index (χ0n) is 14.1. The molecule has 128 valence electrons. The van der Waals surface area contributed by atoms with Gasteiger partial charge in [-0.25, -0.2) is 0 Å². The molecule has 2 rings (SSSR count). The van der Waals surface area contributed by atoms with Gasteiger partial charge in [0, 0.05) is 19.1 Å². The van der Waals surface area contributed by atoms with Gasteiger partial charge in [-0.05, 0) is 31.3 Å². The van der Waals surface area contributed by atoms with Crippen LogP contribution in [-0.2, 0) is 16.1 Å². The van der Waals surface area contributed by atoms with Crippen LogP contribution in [0.25, 0.3) is 0 Å². The molecule has 0 aromatic carbocycles. The van der Waals surface area contributed by atoms with Crippen molar-refractivity contribution in [2.45, 2.75) is 58.7 Å². The van der Waals surface area contributed by atoms with Crippen molar-refractivity contribution in [1.29, 1.82) is 0 Å². The molecule has 8 heteroatoms. The highest BCUT2D eigenvalue weighted by atomic mass is 32.1. The molecule has 1 aliphatic heterocycles. The van der Waals surface area contributed by atoms with Crippen molar-refractivity contribution in [3.05, 3.63) is 10.6 Å². The fraction of sp³-hybridized carbons (Fsp3) is 0.733. The van der Waals surface area contributed by atoms with Gasteiger partial charge < -0.3 is 10.6 Å². The molecule has 2 amide bonds. The third kappa shape index (κ3) is 4.48. The number of carbonyl (C=O) groups is 2. The molecule has 1 fully saturated rings. The van der Waals surface area contributed by atoms with Gasteiger partial charge in [-0.15, -0.1) is 5.10 Å². The molecule has 1 atom stereocenters. The summed E-state index contributed by atoms with van der Waals surface area (Å²) in [5.41, 5.74) is 0.925. The predicted molar refractivity (Wildman–Crippen MR) is 89.1 cm³/mol. The zero-order valence-corrected chi connectivity index (χ0v) is 14.9. The third-order valence-corrected chi connectivity index (χ3v) is 4.73. The molecular weight excluding hydrogens is 314 g/mol. The summed E-state index contributed by atoms with van der Waals surface area (Å²) in [5, 5.41) is 9.83. The fourth-order valence-corrected chi connectivity index (χ4v) is 3.50. The molecule has 0 spiro atoms. The number of hydrogen-bond acceptors (Lipinski definition) is 6. The minimum atomic E-state index is -0.395. The molecule has 0 unspecified atom stereocenters.